The van der Waals surface area contributed by atoms with E-state index in [1.54, 1.807) is 19.1 Å². The van der Waals surface area contributed by atoms with Gasteiger partial charge in [-0.15, -0.1) is 0 Å². The lowest BCUT2D eigenvalue weighted by atomic mass is 9.98. The summed E-state index contributed by atoms with van der Waals surface area (Å²) in [6.07, 6.45) is 1.08. The summed E-state index contributed by atoms with van der Waals surface area (Å²) in [4.78, 5) is 36.8. The lowest BCUT2D eigenvalue weighted by molar-refractivity contribution is -0.147. The number of likely N-dealkylation sites (tertiary alicyclic amines) is 1. The Morgan fingerprint density at radius 2 is 2.18 bits per heavy atom. The van der Waals surface area contributed by atoms with E-state index >= 15 is 0 Å². The fraction of sp³-hybridized carbons (Fsp3) is 0.400. The van der Waals surface area contributed by atoms with Crippen LogP contribution in [-0.2, 0) is 9.59 Å². The standard InChI is InChI=1S/C15H16N2O5/c1-15(14(20)21)5-2-6-17(15)13(19)9-3-4-11-10(7-9)16-12(18)8-22-11/h3-4,7H,2,5-6,8H2,1H3,(H,16,18)(H,20,21). The number of amides is 2. The number of nitrogens with one attached hydrogen (secondary N) is 1. The molecule has 2 aliphatic rings. The minimum Gasteiger partial charge on any atom is -0.482 e. The van der Waals surface area contributed by atoms with E-state index in [0.29, 0.717) is 36.4 Å². The van der Waals surface area contributed by atoms with Gasteiger partial charge in [0.15, 0.2) is 6.61 Å². The van der Waals surface area contributed by atoms with E-state index in [0.717, 1.165) is 0 Å². The summed E-state index contributed by atoms with van der Waals surface area (Å²) in [7, 11) is 0. The van der Waals surface area contributed by atoms with Gasteiger partial charge in [0, 0.05) is 12.1 Å². The molecule has 1 aromatic carbocycles. The zero-order valence-corrected chi connectivity index (χ0v) is 12.1. The van der Waals surface area contributed by atoms with E-state index in [-0.39, 0.29) is 18.4 Å². The topological polar surface area (TPSA) is 95.9 Å². The van der Waals surface area contributed by atoms with Crippen molar-refractivity contribution in [2.75, 3.05) is 18.5 Å². The maximum absolute atomic E-state index is 12.6. The summed E-state index contributed by atoms with van der Waals surface area (Å²) in [5, 5.41) is 12.0. The van der Waals surface area contributed by atoms with Crippen molar-refractivity contribution in [2.24, 2.45) is 0 Å². The number of hydrogen-bond donors (Lipinski definition) is 2. The average Bonchev–Trinajstić information content (AvgIpc) is 2.89. The van der Waals surface area contributed by atoms with Gasteiger partial charge in [0.25, 0.3) is 11.8 Å². The summed E-state index contributed by atoms with van der Waals surface area (Å²) in [6.45, 7) is 1.91. The second-order valence-corrected chi connectivity index (χ2v) is 5.69. The monoisotopic (exact) mass is 304 g/mol. The van der Waals surface area contributed by atoms with Crippen LogP contribution in [0.2, 0.25) is 0 Å². The molecule has 0 saturated carbocycles. The van der Waals surface area contributed by atoms with Gasteiger partial charge in [-0.2, -0.15) is 0 Å². The van der Waals surface area contributed by atoms with Crippen molar-refractivity contribution < 1.29 is 24.2 Å². The molecular formula is C15H16N2O5. The molecule has 1 atom stereocenters. The number of hydrogen-bond acceptors (Lipinski definition) is 4. The molecule has 22 heavy (non-hydrogen) atoms. The molecule has 0 aromatic heterocycles. The van der Waals surface area contributed by atoms with Gasteiger partial charge in [-0.05, 0) is 38.0 Å². The van der Waals surface area contributed by atoms with Gasteiger partial charge in [0.05, 0.1) is 5.69 Å². The fourth-order valence-electron chi connectivity index (χ4n) is 2.88. The molecular weight excluding hydrogens is 288 g/mol. The SMILES string of the molecule is CC1(C(=O)O)CCCN1C(=O)c1ccc2c(c1)NC(=O)CO2. The van der Waals surface area contributed by atoms with Gasteiger partial charge < -0.3 is 20.1 Å². The highest BCUT2D eigenvalue weighted by Crippen LogP contribution is 2.33. The Labute approximate surface area is 126 Å². The molecule has 7 nitrogen and oxygen atoms in total. The van der Waals surface area contributed by atoms with Gasteiger partial charge in [-0.25, -0.2) is 4.79 Å². The predicted octanol–water partition coefficient (Wildman–Crippen LogP) is 1.10. The van der Waals surface area contributed by atoms with Crippen LogP contribution in [0.1, 0.15) is 30.1 Å². The molecule has 1 fully saturated rings. The molecule has 7 heteroatoms. The Morgan fingerprint density at radius 1 is 1.41 bits per heavy atom. The molecule has 3 rings (SSSR count). The number of rotatable bonds is 2. The Bertz CT molecular complexity index is 672. The number of aliphatic carboxylic acids is 1. The van der Waals surface area contributed by atoms with Crippen LogP contribution in [0.25, 0.3) is 0 Å². The first-order valence-electron chi connectivity index (χ1n) is 7.04. The number of anilines is 1. The van der Waals surface area contributed by atoms with Crippen molar-refractivity contribution in [2.45, 2.75) is 25.3 Å². The molecule has 116 valence electrons. The number of carbonyl (C=O) groups excluding carboxylic acids is 2. The Morgan fingerprint density at radius 3 is 2.91 bits per heavy atom. The molecule has 0 bridgehead atoms. The van der Waals surface area contributed by atoms with Gasteiger partial charge >= 0.3 is 5.97 Å². The maximum atomic E-state index is 12.6. The Balaban J connectivity index is 1.91. The van der Waals surface area contributed by atoms with Crippen molar-refractivity contribution >= 4 is 23.5 Å². The number of ether oxygens (including phenoxy) is 1. The third kappa shape index (κ3) is 2.18. The number of carboxylic acid groups (broad SMARTS) is 1. The summed E-state index contributed by atoms with van der Waals surface area (Å²) in [5.74, 6) is -1.15. The molecule has 0 spiro atoms. The second kappa shape index (κ2) is 5.01. The highest BCUT2D eigenvalue weighted by Gasteiger charge is 2.46. The van der Waals surface area contributed by atoms with E-state index in [9.17, 15) is 19.5 Å². The minimum absolute atomic E-state index is 0.0521. The Kier molecular flexibility index (Phi) is 3.27. The second-order valence-electron chi connectivity index (χ2n) is 5.69. The number of carboxylic acids is 1. The molecule has 0 radical (unpaired) electrons. The summed E-state index contributed by atoms with van der Waals surface area (Å²) in [6, 6.07) is 4.71. The number of benzene rings is 1. The van der Waals surface area contributed by atoms with E-state index in [4.69, 9.17) is 4.74 Å². The van der Waals surface area contributed by atoms with Gasteiger partial charge in [-0.3, -0.25) is 9.59 Å². The third-order valence-electron chi connectivity index (χ3n) is 4.21. The summed E-state index contributed by atoms with van der Waals surface area (Å²) in [5.41, 5.74) is -0.426. The van der Waals surface area contributed by atoms with Crippen LogP contribution >= 0.6 is 0 Å². The van der Waals surface area contributed by atoms with Crippen LogP contribution in [0, 0.1) is 0 Å². The highest BCUT2D eigenvalue weighted by molar-refractivity contribution is 6.01. The van der Waals surface area contributed by atoms with Gasteiger partial charge in [0.2, 0.25) is 0 Å². The number of carbonyl (C=O) groups is 3. The normalized spacial score (nSPS) is 23.5. The zero-order valence-electron chi connectivity index (χ0n) is 12.1. The smallest absolute Gasteiger partial charge is 0.329 e. The molecule has 2 aliphatic heterocycles. The molecule has 2 amide bonds. The van der Waals surface area contributed by atoms with E-state index in [1.165, 1.54) is 11.0 Å². The minimum atomic E-state index is -1.19. The molecule has 2 N–H and O–H groups in total. The van der Waals surface area contributed by atoms with Crippen molar-refractivity contribution in [1.29, 1.82) is 0 Å². The van der Waals surface area contributed by atoms with Crippen LogP contribution in [0.15, 0.2) is 18.2 Å². The molecule has 1 aromatic rings. The third-order valence-corrected chi connectivity index (χ3v) is 4.21. The Hall–Kier alpha value is -2.57. The maximum Gasteiger partial charge on any atom is 0.329 e. The quantitative estimate of drug-likeness (QED) is 0.853. The number of nitrogens with zero attached hydrogens (tertiary/aromatic N) is 1. The lowest BCUT2D eigenvalue weighted by Crippen LogP contribution is -2.50. The largest absolute Gasteiger partial charge is 0.482 e. The van der Waals surface area contributed by atoms with Crippen molar-refractivity contribution in [3.63, 3.8) is 0 Å². The van der Waals surface area contributed by atoms with Gasteiger partial charge in [0.1, 0.15) is 11.3 Å². The van der Waals surface area contributed by atoms with E-state index < -0.39 is 11.5 Å². The van der Waals surface area contributed by atoms with Crippen molar-refractivity contribution in [3.05, 3.63) is 23.8 Å². The average molecular weight is 304 g/mol. The highest BCUT2D eigenvalue weighted by atomic mass is 16.5. The van der Waals surface area contributed by atoms with Crippen LogP contribution in [0.4, 0.5) is 5.69 Å². The first-order valence-corrected chi connectivity index (χ1v) is 7.04. The zero-order chi connectivity index (χ0) is 15.9. The number of fused-ring (bicyclic) bond motifs is 1. The van der Waals surface area contributed by atoms with Crippen LogP contribution in [-0.4, -0.2) is 46.5 Å². The lowest BCUT2D eigenvalue weighted by Gasteiger charge is -2.31. The van der Waals surface area contributed by atoms with Gasteiger partial charge in [-0.1, -0.05) is 0 Å². The van der Waals surface area contributed by atoms with Crippen molar-refractivity contribution in [1.82, 2.24) is 4.90 Å². The van der Waals surface area contributed by atoms with E-state index in [1.807, 2.05) is 0 Å². The fourth-order valence-corrected chi connectivity index (χ4v) is 2.88. The first kappa shape index (κ1) is 14.4. The van der Waals surface area contributed by atoms with Crippen molar-refractivity contribution in [3.8, 4) is 5.75 Å². The van der Waals surface area contributed by atoms with E-state index in [2.05, 4.69) is 5.32 Å². The predicted molar refractivity (Wildman–Crippen MR) is 76.9 cm³/mol. The molecule has 0 aliphatic carbocycles. The van der Waals surface area contributed by atoms with Crippen LogP contribution in [0.5, 0.6) is 5.75 Å². The molecule has 1 saturated heterocycles. The first-order chi connectivity index (χ1) is 10.4. The molecule has 1 unspecified atom stereocenters. The van der Waals surface area contributed by atoms with Crippen LogP contribution < -0.4 is 10.1 Å². The summed E-state index contributed by atoms with van der Waals surface area (Å²) < 4.78 is 5.24. The summed E-state index contributed by atoms with van der Waals surface area (Å²) >= 11 is 0. The van der Waals surface area contributed by atoms with Crippen LogP contribution in [0.3, 0.4) is 0 Å². The molecule has 2 heterocycles.